The molecule has 12 heavy (non-hydrogen) atoms. The van der Waals surface area contributed by atoms with Crippen molar-refractivity contribution in [2.24, 2.45) is 0 Å². The van der Waals surface area contributed by atoms with Crippen LogP contribution in [-0.4, -0.2) is 16.1 Å². The Morgan fingerprint density at radius 3 is 2.83 bits per heavy atom. The predicted molar refractivity (Wildman–Crippen MR) is 45.4 cm³/mol. The quantitative estimate of drug-likeness (QED) is 0.643. The van der Waals surface area contributed by atoms with E-state index in [1.165, 1.54) is 12.4 Å². The highest BCUT2D eigenvalue weighted by Gasteiger charge is 2.04. The first-order valence-corrected chi connectivity index (χ1v) is 3.43. The minimum Gasteiger partial charge on any atom is -0.459 e. The van der Waals surface area contributed by atoms with Crippen LogP contribution in [0.25, 0.3) is 0 Å². The van der Waals surface area contributed by atoms with E-state index in [0.29, 0.717) is 0 Å². The predicted octanol–water partition coefficient (Wildman–Crippen LogP) is 0.459. The fourth-order valence-corrected chi connectivity index (χ4v) is 0.628. The smallest absolute Gasteiger partial charge is 0.258 e. The Balaban J connectivity index is 2.77. The van der Waals surface area contributed by atoms with E-state index in [4.69, 9.17) is 16.9 Å². The van der Waals surface area contributed by atoms with Crippen molar-refractivity contribution >= 4 is 5.82 Å². The average Bonchev–Trinajstić information content (AvgIpc) is 2.09. The first-order valence-electron chi connectivity index (χ1n) is 3.43. The molecule has 1 rings (SSSR count). The Morgan fingerprint density at radius 1 is 1.58 bits per heavy atom. The van der Waals surface area contributed by atoms with Crippen molar-refractivity contribution in [3.8, 4) is 18.2 Å². The van der Waals surface area contributed by atoms with Crippen molar-refractivity contribution in [3.05, 3.63) is 12.4 Å². The zero-order valence-corrected chi connectivity index (χ0v) is 6.69. The van der Waals surface area contributed by atoms with Crippen LogP contribution in [0.1, 0.15) is 6.92 Å². The maximum absolute atomic E-state index is 5.46. The molecule has 4 heteroatoms. The molecule has 0 aromatic carbocycles. The van der Waals surface area contributed by atoms with Crippen LogP contribution >= 0.6 is 0 Å². The molecule has 0 aliphatic heterocycles. The van der Waals surface area contributed by atoms with Crippen LogP contribution in [0.2, 0.25) is 0 Å². The van der Waals surface area contributed by atoms with E-state index in [1.54, 1.807) is 6.92 Å². The zero-order valence-electron chi connectivity index (χ0n) is 6.69. The maximum Gasteiger partial charge on any atom is 0.258 e. The van der Waals surface area contributed by atoms with Crippen LogP contribution in [0, 0.1) is 12.3 Å². The minimum absolute atomic E-state index is 0.250. The second kappa shape index (κ2) is 3.58. The average molecular weight is 163 g/mol. The number of hydrogen-bond donors (Lipinski definition) is 1. The molecule has 62 valence electrons. The number of nitrogens with zero attached hydrogens (tertiary/aromatic N) is 2. The number of hydrogen-bond acceptors (Lipinski definition) is 4. The van der Waals surface area contributed by atoms with Gasteiger partial charge in [0.2, 0.25) is 0 Å². The number of nitrogens with two attached hydrogens (primary N) is 1. The summed E-state index contributed by atoms with van der Waals surface area (Å²) in [5.41, 5.74) is 5.46. The van der Waals surface area contributed by atoms with Gasteiger partial charge in [0, 0.05) is 12.4 Å². The molecule has 0 saturated heterocycles. The Labute approximate surface area is 70.8 Å². The number of anilines is 1. The summed E-state index contributed by atoms with van der Waals surface area (Å²) in [6.07, 6.45) is 7.75. The van der Waals surface area contributed by atoms with Crippen LogP contribution in [0.3, 0.4) is 0 Å². The lowest BCUT2D eigenvalue weighted by Crippen LogP contribution is -2.11. The monoisotopic (exact) mass is 163 g/mol. The SMILES string of the molecule is C#CC(C)Oc1nccnc1N. The molecule has 0 amide bonds. The molecule has 0 spiro atoms. The van der Waals surface area contributed by atoms with Crippen LogP contribution in [-0.2, 0) is 0 Å². The molecule has 0 bridgehead atoms. The molecule has 0 fully saturated rings. The summed E-state index contributed by atoms with van der Waals surface area (Å²) >= 11 is 0. The van der Waals surface area contributed by atoms with Gasteiger partial charge in [0.25, 0.3) is 5.88 Å². The maximum atomic E-state index is 5.46. The molecule has 0 saturated carbocycles. The second-order valence-corrected chi connectivity index (χ2v) is 2.17. The van der Waals surface area contributed by atoms with Gasteiger partial charge in [-0.25, -0.2) is 9.97 Å². The van der Waals surface area contributed by atoms with Crippen molar-refractivity contribution in [2.45, 2.75) is 13.0 Å². The van der Waals surface area contributed by atoms with Crippen LogP contribution in [0.5, 0.6) is 5.88 Å². The molecule has 4 nitrogen and oxygen atoms in total. The molecule has 2 N–H and O–H groups in total. The van der Waals surface area contributed by atoms with Crippen LogP contribution in [0.15, 0.2) is 12.4 Å². The lowest BCUT2D eigenvalue weighted by atomic mass is 10.4. The lowest BCUT2D eigenvalue weighted by molar-refractivity contribution is 0.268. The Bertz CT molecular complexity index is 305. The van der Waals surface area contributed by atoms with Gasteiger partial charge in [-0.05, 0) is 6.92 Å². The molecule has 1 aromatic rings. The molecule has 1 unspecified atom stereocenters. The van der Waals surface area contributed by atoms with Crippen LogP contribution in [0.4, 0.5) is 5.82 Å². The number of nitrogen functional groups attached to an aromatic ring is 1. The standard InChI is InChI=1S/C8H9N3O/c1-3-6(2)12-8-7(9)10-4-5-11-8/h1,4-6H,2H3,(H2,9,10). The van der Waals surface area contributed by atoms with Gasteiger partial charge >= 0.3 is 0 Å². The second-order valence-electron chi connectivity index (χ2n) is 2.17. The summed E-state index contributed by atoms with van der Waals surface area (Å²) in [7, 11) is 0. The van der Waals surface area contributed by atoms with Crippen LogP contribution < -0.4 is 10.5 Å². The number of rotatable bonds is 2. The first kappa shape index (κ1) is 8.34. The van der Waals surface area contributed by atoms with Gasteiger partial charge in [-0.3, -0.25) is 0 Å². The van der Waals surface area contributed by atoms with Crippen molar-refractivity contribution < 1.29 is 4.74 Å². The third-order valence-electron chi connectivity index (χ3n) is 1.21. The van der Waals surface area contributed by atoms with Crippen molar-refractivity contribution in [3.63, 3.8) is 0 Å². The van der Waals surface area contributed by atoms with Crippen molar-refractivity contribution in [1.29, 1.82) is 0 Å². The normalized spacial score (nSPS) is 11.7. The Hall–Kier alpha value is -1.76. The van der Waals surface area contributed by atoms with Crippen molar-refractivity contribution in [1.82, 2.24) is 9.97 Å². The van der Waals surface area contributed by atoms with E-state index in [-0.39, 0.29) is 17.8 Å². The number of terminal acetylenes is 1. The highest BCUT2D eigenvalue weighted by atomic mass is 16.5. The molecule has 1 atom stereocenters. The van der Waals surface area contributed by atoms with E-state index < -0.39 is 0 Å². The van der Waals surface area contributed by atoms with Gasteiger partial charge in [0.05, 0.1) is 0 Å². The van der Waals surface area contributed by atoms with Gasteiger partial charge in [0.15, 0.2) is 11.9 Å². The first-order chi connectivity index (χ1) is 5.74. The highest BCUT2D eigenvalue weighted by molar-refractivity contribution is 5.39. The van der Waals surface area contributed by atoms with Crippen molar-refractivity contribution in [2.75, 3.05) is 5.73 Å². The number of ether oxygens (including phenoxy) is 1. The lowest BCUT2D eigenvalue weighted by Gasteiger charge is -2.07. The van der Waals surface area contributed by atoms with E-state index >= 15 is 0 Å². The third-order valence-corrected chi connectivity index (χ3v) is 1.21. The largest absolute Gasteiger partial charge is 0.459 e. The van der Waals surface area contributed by atoms with E-state index in [9.17, 15) is 0 Å². The van der Waals surface area contributed by atoms with E-state index in [1.807, 2.05) is 0 Å². The van der Waals surface area contributed by atoms with E-state index in [2.05, 4.69) is 15.9 Å². The van der Waals surface area contributed by atoms with E-state index in [0.717, 1.165) is 0 Å². The zero-order chi connectivity index (χ0) is 8.97. The summed E-state index contributed by atoms with van der Waals surface area (Å²) < 4.78 is 5.16. The summed E-state index contributed by atoms with van der Waals surface area (Å²) in [5, 5.41) is 0. The van der Waals surface area contributed by atoms with Gasteiger partial charge in [-0.2, -0.15) is 0 Å². The fraction of sp³-hybridized carbons (Fsp3) is 0.250. The highest BCUT2D eigenvalue weighted by Crippen LogP contribution is 2.13. The number of aromatic nitrogens is 2. The topological polar surface area (TPSA) is 61.0 Å². The Morgan fingerprint density at radius 2 is 2.25 bits per heavy atom. The summed E-state index contributed by atoms with van der Waals surface area (Å²) in [6.45, 7) is 1.73. The minimum atomic E-state index is -0.344. The molecule has 0 radical (unpaired) electrons. The molecule has 0 aliphatic rings. The van der Waals surface area contributed by atoms with Gasteiger partial charge < -0.3 is 10.5 Å². The molecular formula is C8H9N3O. The summed E-state index contributed by atoms with van der Waals surface area (Å²) in [5.74, 6) is 2.93. The Kier molecular flexibility index (Phi) is 2.49. The van der Waals surface area contributed by atoms with Gasteiger partial charge in [0.1, 0.15) is 0 Å². The third kappa shape index (κ3) is 1.86. The molecule has 0 aliphatic carbocycles. The fourth-order valence-electron chi connectivity index (χ4n) is 0.628. The molecule has 1 heterocycles. The van der Waals surface area contributed by atoms with Gasteiger partial charge in [-0.1, -0.05) is 5.92 Å². The van der Waals surface area contributed by atoms with Gasteiger partial charge in [-0.15, -0.1) is 6.42 Å². The molecular weight excluding hydrogens is 154 g/mol. The summed E-state index contributed by atoms with van der Waals surface area (Å²) in [4.78, 5) is 7.65. The summed E-state index contributed by atoms with van der Waals surface area (Å²) in [6, 6.07) is 0. The molecule has 1 aromatic heterocycles.